The van der Waals surface area contributed by atoms with Gasteiger partial charge in [-0.1, -0.05) is 37.8 Å². The molecular formula is C26H38N2O8P2. The first-order valence-electron chi connectivity index (χ1n) is 12.8. The lowest BCUT2D eigenvalue weighted by Gasteiger charge is -2.18. The number of carbonyl (C=O) groups excluding carboxylic acids is 2. The van der Waals surface area contributed by atoms with Crippen molar-refractivity contribution in [3.63, 3.8) is 0 Å². The van der Waals surface area contributed by atoms with E-state index in [0.29, 0.717) is 35.9 Å². The monoisotopic (exact) mass is 568 g/mol. The van der Waals surface area contributed by atoms with E-state index < -0.39 is 15.2 Å². The van der Waals surface area contributed by atoms with Gasteiger partial charge >= 0.3 is 15.2 Å². The molecule has 2 amide bonds. The topological polar surface area (TPSA) is 151 Å². The Morgan fingerprint density at radius 2 is 1.13 bits per heavy atom. The molecule has 12 heteroatoms. The second-order valence-corrected chi connectivity index (χ2v) is 12.3. The van der Waals surface area contributed by atoms with Gasteiger partial charge in [0.25, 0.3) is 0 Å². The number of anilines is 2. The fourth-order valence-electron chi connectivity index (χ4n) is 3.77. The Balaban J connectivity index is 1.62. The summed E-state index contributed by atoms with van der Waals surface area (Å²) in [5, 5.41) is 5.77. The minimum atomic E-state index is -4.36. The van der Waals surface area contributed by atoms with E-state index in [2.05, 4.69) is 10.6 Å². The number of unbranched alkanes of at least 4 members (excludes halogenated alkanes) is 5. The number of hydrogen-bond donors (Lipinski definition) is 4. The lowest BCUT2D eigenvalue weighted by Crippen LogP contribution is -2.15. The summed E-state index contributed by atoms with van der Waals surface area (Å²) < 4.78 is 35.0. The summed E-state index contributed by atoms with van der Waals surface area (Å²) in [6.45, 7) is 3.98. The van der Waals surface area contributed by atoms with Crippen LogP contribution in [0.3, 0.4) is 0 Å². The molecule has 2 aromatic rings. The summed E-state index contributed by atoms with van der Waals surface area (Å²) in [5.74, 6) is -0.322. The third kappa shape index (κ3) is 11.2. The van der Waals surface area contributed by atoms with Gasteiger partial charge in [0.05, 0.1) is 23.8 Å². The molecule has 10 nitrogen and oxygen atoms in total. The van der Waals surface area contributed by atoms with E-state index in [1.54, 1.807) is 44.2 Å². The normalized spacial score (nSPS) is 11.8. The first-order chi connectivity index (χ1) is 18.1. The van der Waals surface area contributed by atoms with E-state index in [1.807, 2.05) is 0 Å². The molecule has 0 atom stereocenters. The summed E-state index contributed by atoms with van der Waals surface area (Å²) in [4.78, 5) is 42.9. The summed E-state index contributed by atoms with van der Waals surface area (Å²) in [5.41, 5.74) is 0.900. The van der Waals surface area contributed by atoms with Gasteiger partial charge in [-0.05, 0) is 63.1 Å². The van der Waals surface area contributed by atoms with Crippen molar-refractivity contribution in [2.75, 3.05) is 23.8 Å². The third-order valence-electron chi connectivity index (χ3n) is 5.57. The summed E-state index contributed by atoms with van der Waals surface area (Å²) in [6.07, 6.45) is 5.77. The predicted octanol–water partition coefficient (Wildman–Crippen LogP) is 5.08. The molecule has 4 N–H and O–H groups in total. The quantitative estimate of drug-likeness (QED) is 0.152. The SMILES string of the molecule is CCOP(=O)(OCC)c1cccc(NC(=O)CCCCCCCCC(=O)Nc2cccc(P(=O)(O)O)c2)c1. The zero-order valence-corrected chi connectivity index (χ0v) is 23.7. The first kappa shape index (κ1) is 31.9. The van der Waals surface area contributed by atoms with Crippen molar-refractivity contribution in [3.8, 4) is 0 Å². The van der Waals surface area contributed by atoms with E-state index in [1.165, 1.54) is 18.2 Å². The van der Waals surface area contributed by atoms with Gasteiger partial charge < -0.3 is 29.5 Å². The molecule has 2 aromatic carbocycles. The fraction of sp³-hybridized carbons (Fsp3) is 0.462. The van der Waals surface area contributed by atoms with E-state index in [4.69, 9.17) is 9.05 Å². The second-order valence-electron chi connectivity index (χ2n) is 8.70. The highest BCUT2D eigenvalue weighted by atomic mass is 31.2. The summed E-state index contributed by atoms with van der Waals surface area (Å²) >= 11 is 0. The largest absolute Gasteiger partial charge is 0.361 e. The van der Waals surface area contributed by atoms with Crippen LogP contribution >= 0.6 is 15.2 Å². The molecule has 0 aliphatic carbocycles. The first-order valence-corrected chi connectivity index (χ1v) is 16.0. The van der Waals surface area contributed by atoms with Crippen LogP contribution in [0.1, 0.15) is 65.2 Å². The van der Waals surface area contributed by atoms with E-state index in [0.717, 1.165) is 32.1 Å². The number of benzene rings is 2. The van der Waals surface area contributed by atoms with Gasteiger partial charge in [-0.15, -0.1) is 0 Å². The zero-order chi connectivity index (χ0) is 28.0. The maximum Gasteiger partial charge on any atom is 0.361 e. The van der Waals surface area contributed by atoms with Gasteiger partial charge in [-0.25, -0.2) is 0 Å². The van der Waals surface area contributed by atoms with E-state index in [-0.39, 0.29) is 30.3 Å². The van der Waals surface area contributed by atoms with Crippen LogP contribution in [0.25, 0.3) is 0 Å². The molecule has 210 valence electrons. The Kier molecular flexibility index (Phi) is 13.4. The smallest absolute Gasteiger partial charge is 0.326 e. The number of rotatable bonds is 17. The number of amides is 2. The maximum atomic E-state index is 12.9. The Labute approximate surface area is 224 Å². The van der Waals surface area contributed by atoms with Gasteiger partial charge in [0.2, 0.25) is 11.8 Å². The Morgan fingerprint density at radius 3 is 1.58 bits per heavy atom. The molecule has 0 bridgehead atoms. The van der Waals surface area contributed by atoms with Crippen LogP contribution in [0.4, 0.5) is 11.4 Å². The second kappa shape index (κ2) is 15.9. The number of nitrogens with one attached hydrogen (secondary N) is 2. The van der Waals surface area contributed by atoms with Crippen molar-refractivity contribution in [3.05, 3.63) is 48.5 Å². The lowest BCUT2D eigenvalue weighted by molar-refractivity contribution is -0.117. The van der Waals surface area contributed by atoms with Crippen molar-refractivity contribution in [1.29, 1.82) is 0 Å². The number of carbonyl (C=O) groups is 2. The van der Waals surface area contributed by atoms with Gasteiger partial charge in [0.15, 0.2) is 0 Å². The van der Waals surface area contributed by atoms with Crippen LogP contribution < -0.4 is 21.2 Å². The summed E-state index contributed by atoms with van der Waals surface area (Å²) in [7, 11) is -7.78. The van der Waals surface area contributed by atoms with Crippen LogP contribution in [0.15, 0.2) is 48.5 Å². The molecule has 0 saturated heterocycles. The van der Waals surface area contributed by atoms with Crippen molar-refractivity contribution < 1.29 is 37.6 Å². The third-order valence-corrected chi connectivity index (χ3v) is 8.63. The molecule has 2 rings (SSSR count). The van der Waals surface area contributed by atoms with Crippen molar-refractivity contribution >= 4 is 49.0 Å². The molecule has 0 fully saturated rings. The molecular weight excluding hydrogens is 530 g/mol. The van der Waals surface area contributed by atoms with Gasteiger partial charge in [0, 0.05) is 24.2 Å². The Bertz CT molecular complexity index is 1140. The maximum absolute atomic E-state index is 12.9. The van der Waals surface area contributed by atoms with Crippen molar-refractivity contribution in [2.24, 2.45) is 0 Å². The van der Waals surface area contributed by atoms with Crippen molar-refractivity contribution in [2.45, 2.75) is 65.2 Å². The molecule has 0 radical (unpaired) electrons. The predicted molar refractivity (Wildman–Crippen MR) is 149 cm³/mol. The Morgan fingerprint density at radius 1 is 0.711 bits per heavy atom. The van der Waals surface area contributed by atoms with Crippen LogP contribution in [-0.2, 0) is 27.8 Å². The lowest BCUT2D eigenvalue weighted by atomic mass is 10.1. The number of hydrogen-bond acceptors (Lipinski definition) is 6. The van der Waals surface area contributed by atoms with Gasteiger partial charge in [0.1, 0.15) is 0 Å². The molecule has 0 saturated carbocycles. The van der Waals surface area contributed by atoms with Gasteiger partial charge in [-0.3, -0.25) is 18.7 Å². The molecule has 0 aliphatic heterocycles. The summed E-state index contributed by atoms with van der Waals surface area (Å²) in [6, 6.07) is 12.4. The molecule has 0 spiro atoms. The highest BCUT2D eigenvalue weighted by Crippen LogP contribution is 2.47. The van der Waals surface area contributed by atoms with Crippen LogP contribution in [0, 0.1) is 0 Å². The molecule has 0 unspecified atom stereocenters. The zero-order valence-electron chi connectivity index (χ0n) is 21.9. The van der Waals surface area contributed by atoms with Crippen molar-refractivity contribution in [1.82, 2.24) is 0 Å². The molecule has 0 heterocycles. The molecule has 0 aliphatic rings. The average molecular weight is 569 g/mol. The minimum absolute atomic E-state index is 0.121. The standard InChI is InChI=1S/C26H38N2O8P2/c1-3-35-38(34,36-4-2)24-16-12-14-22(20-24)28-26(30)18-10-8-6-5-7-9-17-25(29)27-21-13-11-15-23(19-21)37(31,32)33/h11-16,19-20H,3-10,17-18H2,1-2H3,(H,27,29)(H,28,30)(H2,31,32,33). The minimum Gasteiger partial charge on any atom is -0.326 e. The van der Waals surface area contributed by atoms with E-state index >= 15 is 0 Å². The van der Waals surface area contributed by atoms with Gasteiger partial charge in [-0.2, -0.15) is 0 Å². The van der Waals surface area contributed by atoms with Crippen LogP contribution in [-0.4, -0.2) is 34.8 Å². The molecule has 38 heavy (non-hydrogen) atoms. The van der Waals surface area contributed by atoms with E-state index in [9.17, 15) is 28.5 Å². The van der Waals surface area contributed by atoms with Crippen LogP contribution in [0.5, 0.6) is 0 Å². The average Bonchev–Trinajstić information content (AvgIpc) is 2.86. The highest BCUT2D eigenvalue weighted by Gasteiger charge is 2.26. The highest BCUT2D eigenvalue weighted by molar-refractivity contribution is 7.62. The molecule has 0 aromatic heterocycles. The van der Waals surface area contributed by atoms with Crippen LogP contribution in [0.2, 0.25) is 0 Å². The Hall–Kier alpha value is -2.32. The fourth-order valence-corrected chi connectivity index (χ4v) is 5.98.